The van der Waals surface area contributed by atoms with Crippen molar-refractivity contribution in [2.24, 2.45) is 5.73 Å². The van der Waals surface area contributed by atoms with Crippen LogP contribution in [0.4, 0.5) is 4.39 Å². The number of halogens is 1. The molecular weight excluding hydrogens is 181 g/mol. The summed E-state index contributed by atoms with van der Waals surface area (Å²) in [6.45, 7) is 0. The van der Waals surface area contributed by atoms with Crippen LogP contribution >= 0.6 is 0 Å². The summed E-state index contributed by atoms with van der Waals surface area (Å²) in [5, 5.41) is 0.915. The van der Waals surface area contributed by atoms with Crippen LogP contribution in [-0.4, -0.2) is 0 Å². The fourth-order valence-corrected chi connectivity index (χ4v) is 1.86. The summed E-state index contributed by atoms with van der Waals surface area (Å²) in [5.74, 6) is -0.257. The van der Waals surface area contributed by atoms with Gasteiger partial charge in [0.15, 0.2) is 0 Å². The third-order valence-corrected chi connectivity index (χ3v) is 2.86. The molecule has 0 amide bonds. The molecular formula is C11H10FNO. The van der Waals surface area contributed by atoms with Crippen molar-refractivity contribution in [3.8, 4) is 0 Å². The number of hydrogen-bond donors (Lipinski definition) is 1. The van der Waals surface area contributed by atoms with Crippen molar-refractivity contribution in [2.45, 2.75) is 18.4 Å². The van der Waals surface area contributed by atoms with E-state index < -0.39 is 5.54 Å². The first-order valence-electron chi connectivity index (χ1n) is 4.66. The first-order chi connectivity index (χ1) is 6.71. The summed E-state index contributed by atoms with van der Waals surface area (Å²) >= 11 is 0. The zero-order valence-corrected chi connectivity index (χ0v) is 7.59. The minimum absolute atomic E-state index is 0.257. The summed E-state index contributed by atoms with van der Waals surface area (Å²) in [5.41, 5.74) is 6.65. The number of furan rings is 1. The molecule has 0 aliphatic heterocycles. The van der Waals surface area contributed by atoms with E-state index >= 15 is 0 Å². The molecule has 1 aromatic carbocycles. The molecule has 72 valence electrons. The van der Waals surface area contributed by atoms with Crippen molar-refractivity contribution < 1.29 is 8.81 Å². The standard InChI is InChI=1S/C11H10FNO/c12-8-2-1-7-3-6-14-10(7)9(8)11(13)4-5-11/h1-3,6H,4-5,13H2. The van der Waals surface area contributed by atoms with Crippen LogP contribution in [-0.2, 0) is 5.54 Å². The van der Waals surface area contributed by atoms with E-state index in [1.54, 1.807) is 12.3 Å². The largest absolute Gasteiger partial charge is 0.464 e. The maximum absolute atomic E-state index is 13.6. The average molecular weight is 191 g/mol. The Morgan fingerprint density at radius 3 is 2.79 bits per heavy atom. The second-order valence-electron chi connectivity index (χ2n) is 3.92. The second kappa shape index (κ2) is 2.36. The van der Waals surface area contributed by atoms with E-state index in [0.29, 0.717) is 11.1 Å². The third-order valence-electron chi connectivity index (χ3n) is 2.86. The zero-order valence-electron chi connectivity index (χ0n) is 7.59. The van der Waals surface area contributed by atoms with Crippen molar-refractivity contribution in [3.63, 3.8) is 0 Å². The van der Waals surface area contributed by atoms with Crippen molar-refractivity contribution in [2.75, 3.05) is 0 Å². The molecule has 1 fully saturated rings. The van der Waals surface area contributed by atoms with Gasteiger partial charge >= 0.3 is 0 Å². The second-order valence-corrected chi connectivity index (χ2v) is 3.92. The van der Waals surface area contributed by atoms with Gasteiger partial charge < -0.3 is 10.2 Å². The molecule has 2 aromatic rings. The quantitative estimate of drug-likeness (QED) is 0.752. The molecule has 1 aromatic heterocycles. The maximum Gasteiger partial charge on any atom is 0.141 e. The van der Waals surface area contributed by atoms with Crippen molar-refractivity contribution in [1.29, 1.82) is 0 Å². The molecule has 1 saturated carbocycles. The highest BCUT2D eigenvalue weighted by atomic mass is 19.1. The van der Waals surface area contributed by atoms with Crippen LogP contribution in [0.15, 0.2) is 28.9 Å². The average Bonchev–Trinajstić information content (AvgIpc) is 2.74. The molecule has 1 heterocycles. The van der Waals surface area contributed by atoms with E-state index in [1.165, 1.54) is 6.07 Å². The lowest BCUT2D eigenvalue weighted by atomic mass is 10.0. The fraction of sp³-hybridized carbons (Fsp3) is 0.273. The number of nitrogens with two attached hydrogens (primary N) is 1. The Morgan fingerprint density at radius 2 is 2.07 bits per heavy atom. The normalized spacial score (nSPS) is 18.7. The van der Waals surface area contributed by atoms with Gasteiger partial charge in [0.2, 0.25) is 0 Å². The van der Waals surface area contributed by atoms with Gasteiger partial charge in [0, 0.05) is 10.9 Å². The Kier molecular flexibility index (Phi) is 1.35. The highest BCUT2D eigenvalue weighted by molar-refractivity contribution is 5.82. The van der Waals surface area contributed by atoms with E-state index in [0.717, 1.165) is 18.2 Å². The van der Waals surface area contributed by atoms with Gasteiger partial charge in [-0.15, -0.1) is 0 Å². The Labute approximate surface area is 80.5 Å². The smallest absolute Gasteiger partial charge is 0.141 e. The Bertz CT molecular complexity index is 499. The van der Waals surface area contributed by atoms with Crippen molar-refractivity contribution in [3.05, 3.63) is 35.8 Å². The summed E-state index contributed by atoms with van der Waals surface area (Å²) in [4.78, 5) is 0. The molecule has 0 bridgehead atoms. The van der Waals surface area contributed by atoms with Gasteiger partial charge in [-0.05, 0) is 31.0 Å². The molecule has 1 aliphatic carbocycles. The van der Waals surface area contributed by atoms with Gasteiger partial charge in [-0.3, -0.25) is 0 Å². The van der Waals surface area contributed by atoms with Crippen molar-refractivity contribution >= 4 is 11.0 Å². The molecule has 2 nitrogen and oxygen atoms in total. The van der Waals surface area contributed by atoms with Gasteiger partial charge in [-0.2, -0.15) is 0 Å². The molecule has 0 atom stereocenters. The van der Waals surface area contributed by atoms with Crippen LogP contribution in [0.1, 0.15) is 18.4 Å². The Morgan fingerprint density at radius 1 is 1.29 bits per heavy atom. The van der Waals surface area contributed by atoms with Crippen LogP contribution in [0.3, 0.4) is 0 Å². The third kappa shape index (κ3) is 0.930. The lowest BCUT2D eigenvalue weighted by molar-refractivity contribution is 0.555. The van der Waals surface area contributed by atoms with Crippen LogP contribution in [0, 0.1) is 5.82 Å². The zero-order chi connectivity index (χ0) is 9.76. The molecule has 0 radical (unpaired) electrons. The molecule has 3 rings (SSSR count). The summed E-state index contributed by atoms with van der Waals surface area (Å²) < 4.78 is 18.9. The number of rotatable bonds is 1. The molecule has 3 heteroatoms. The van der Waals surface area contributed by atoms with Gasteiger partial charge in [-0.1, -0.05) is 0 Å². The van der Waals surface area contributed by atoms with E-state index in [4.69, 9.17) is 10.2 Å². The highest BCUT2D eigenvalue weighted by Gasteiger charge is 2.44. The summed E-state index contributed by atoms with van der Waals surface area (Å²) in [6, 6.07) is 4.99. The molecule has 1 aliphatic rings. The van der Waals surface area contributed by atoms with Crippen LogP contribution in [0.25, 0.3) is 11.0 Å². The van der Waals surface area contributed by atoms with E-state index in [9.17, 15) is 4.39 Å². The number of fused-ring (bicyclic) bond motifs is 1. The van der Waals surface area contributed by atoms with E-state index in [1.807, 2.05) is 6.07 Å². The van der Waals surface area contributed by atoms with Crippen LogP contribution in [0.5, 0.6) is 0 Å². The first kappa shape index (κ1) is 8.00. The molecule has 0 saturated heterocycles. The Hall–Kier alpha value is -1.35. The molecule has 0 unspecified atom stereocenters. The molecule has 2 N–H and O–H groups in total. The fourth-order valence-electron chi connectivity index (χ4n) is 1.86. The minimum atomic E-state index is -0.485. The maximum atomic E-state index is 13.6. The van der Waals surface area contributed by atoms with Gasteiger partial charge in [-0.25, -0.2) is 4.39 Å². The Balaban J connectivity index is 2.38. The van der Waals surface area contributed by atoms with E-state index in [2.05, 4.69) is 0 Å². The summed E-state index contributed by atoms with van der Waals surface area (Å²) in [7, 11) is 0. The van der Waals surface area contributed by atoms with Gasteiger partial charge in [0.05, 0.1) is 11.8 Å². The molecule has 14 heavy (non-hydrogen) atoms. The molecule has 0 spiro atoms. The summed E-state index contributed by atoms with van der Waals surface area (Å²) in [6.07, 6.45) is 3.24. The van der Waals surface area contributed by atoms with Gasteiger partial charge in [0.1, 0.15) is 11.4 Å². The van der Waals surface area contributed by atoms with Crippen molar-refractivity contribution in [1.82, 2.24) is 0 Å². The lowest BCUT2D eigenvalue weighted by Gasteiger charge is -2.10. The van der Waals surface area contributed by atoms with Gasteiger partial charge in [0.25, 0.3) is 0 Å². The van der Waals surface area contributed by atoms with E-state index in [-0.39, 0.29) is 5.82 Å². The monoisotopic (exact) mass is 191 g/mol. The number of hydrogen-bond acceptors (Lipinski definition) is 2. The predicted molar refractivity (Wildman–Crippen MR) is 51.3 cm³/mol. The van der Waals surface area contributed by atoms with Crippen LogP contribution < -0.4 is 5.73 Å². The SMILES string of the molecule is NC1(c2c(F)ccc3ccoc23)CC1. The minimum Gasteiger partial charge on any atom is -0.464 e. The lowest BCUT2D eigenvalue weighted by Crippen LogP contribution is -2.20. The predicted octanol–water partition coefficient (Wildman–Crippen LogP) is 2.52. The number of benzene rings is 1. The topological polar surface area (TPSA) is 39.2 Å². The van der Waals surface area contributed by atoms with Crippen LogP contribution in [0.2, 0.25) is 0 Å². The highest BCUT2D eigenvalue weighted by Crippen LogP contribution is 2.46. The first-order valence-corrected chi connectivity index (χ1v) is 4.66.